The molecule has 1 saturated heterocycles. The number of nitro benzene ring substituents is 1. The molecule has 3 aromatic rings. The average molecular weight is 442 g/mol. The van der Waals surface area contributed by atoms with Crippen LogP contribution >= 0.6 is 11.8 Å². The maximum atomic E-state index is 12.2. The third-order valence-electron chi connectivity index (χ3n) is 5.20. The van der Waals surface area contributed by atoms with Gasteiger partial charge < -0.3 is 10.2 Å². The number of hydrogen-bond donors (Lipinski definition) is 1. The van der Waals surface area contributed by atoms with Crippen molar-refractivity contribution in [2.75, 3.05) is 30.8 Å². The summed E-state index contributed by atoms with van der Waals surface area (Å²) in [5, 5.41) is 19.7. The first-order valence-corrected chi connectivity index (χ1v) is 11.3. The number of anilines is 1. The molecule has 0 spiro atoms. The van der Waals surface area contributed by atoms with Crippen molar-refractivity contribution in [3.63, 3.8) is 0 Å². The van der Waals surface area contributed by atoms with E-state index in [1.165, 1.54) is 23.9 Å². The maximum absolute atomic E-state index is 12.2. The summed E-state index contributed by atoms with van der Waals surface area (Å²) in [4.78, 5) is 34.1. The average Bonchev–Trinajstić information content (AvgIpc) is 3.44. The highest BCUT2D eigenvalue weighted by Gasteiger charge is 2.20. The number of carbonyl (C=O) groups excluding carboxylic acids is 1. The van der Waals surface area contributed by atoms with Crippen molar-refractivity contribution in [2.45, 2.75) is 31.0 Å². The molecule has 3 heterocycles. The smallest absolute Gasteiger partial charge is 0.269 e. The molecule has 0 atom stereocenters. The summed E-state index contributed by atoms with van der Waals surface area (Å²) >= 11 is 1.50. The van der Waals surface area contributed by atoms with Crippen LogP contribution in [0.15, 0.2) is 35.6 Å². The summed E-state index contributed by atoms with van der Waals surface area (Å²) in [7, 11) is 0. The fraction of sp³-hybridized carbons (Fsp3) is 0.400. The highest BCUT2D eigenvalue weighted by Crippen LogP contribution is 2.28. The molecule has 1 N–H and O–H groups in total. The van der Waals surface area contributed by atoms with Crippen LogP contribution in [0.3, 0.4) is 0 Å². The second kappa shape index (κ2) is 9.29. The molecule has 0 aliphatic carbocycles. The summed E-state index contributed by atoms with van der Waals surface area (Å²) in [6, 6.07) is 6.00. The number of amides is 1. The monoisotopic (exact) mass is 441 g/mol. The lowest BCUT2D eigenvalue weighted by Crippen LogP contribution is -2.29. The predicted octanol–water partition coefficient (Wildman–Crippen LogP) is 2.42. The van der Waals surface area contributed by atoms with Gasteiger partial charge >= 0.3 is 0 Å². The van der Waals surface area contributed by atoms with E-state index in [9.17, 15) is 14.9 Å². The molecular weight excluding hydrogens is 418 g/mol. The largest absolute Gasteiger partial charge is 0.356 e. The number of carbonyl (C=O) groups is 1. The van der Waals surface area contributed by atoms with Crippen LogP contribution in [0.25, 0.3) is 11.0 Å². The molecule has 0 bridgehead atoms. The third-order valence-corrected chi connectivity index (χ3v) is 5.75. The number of nitrogens with one attached hydrogen (secondary N) is 1. The van der Waals surface area contributed by atoms with Crippen molar-refractivity contribution in [1.29, 1.82) is 0 Å². The fourth-order valence-electron chi connectivity index (χ4n) is 3.63. The Hall–Kier alpha value is -3.21. The molecule has 10 nitrogen and oxygen atoms in total. The fourth-order valence-corrected chi connectivity index (χ4v) is 3.99. The van der Waals surface area contributed by atoms with Gasteiger partial charge in [-0.05, 0) is 24.7 Å². The van der Waals surface area contributed by atoms with Gasteiger partial charge in [-0.15, -0.1) is 0 Å². The van der Waals surface area contributed by atoms with Gasteiger partial charge in [-0.2, -0.15) is 5.10 Å². The van der Waals surface area contributed by atoms with Crippen LogP contribution in [0, 0.1) is 10.1 Å². The molecule has 4 rings (SSSR count). The zero-order chi connectivity index (χ0) is 21.8. The molecule has 1 aliphatic heterocycles. The molecule has 0 unspecified atom stereocenters. The zero-order valence-corrected chi connectivity index (χ0v) is 18.0. The topological polar surface area (TPSA) is 119 Å². The van der Waals surface area contributed by atoms with Crippen molar-refractivity contribution in [2.24, 2.45) is 0 Å². The highest BCUT2D eigenvalue weighted by molar-refractivity contribution is 7.98. The van der Waals surface area contributed by atoms with Crippen molar-refractivity contribution in [3.8, 4) is 0 Å². The van der Waals surface area contributed by atoms with Gasteiger partial charge in [0, 0.05) is 31.8 Å². The Morgan fingerprint density at radius 1 is 1.23 bits per heavy atom. The Balaban J connectivity index is 1.40. The molecule has 2 aromatic heterocycles. The van der Waals surface area contributed by atoms with Gasteiger partial charge in [0.25, 0.3) is 5.69 Å². The van der Waals surface area contributed by atoms with Crippen LogP contribution in [-0.2, 0) is 17.8 Å². The Bertz CT molecular complexity index is 1090. The first kappa shape index (κ1) is 21.0. The van der Waals surface area contributed by atoms with E-state index in [4.69, 9.17) is 4.98 Å². The van der Waals surface area contributed by atoms with Crippen molar-refractivity contribution in [1.82, 2.24) is 25.1 Å². The number of non-ortho nitro benzene ring substituents is 1. The summed E-state index contributed by atoms with van der Waals surface area (Å²) in [5.74, 6) is 0.780. The zero-order valence-electron chi connectivity index (χ0n) is 17.2. The van der Waals surface area contributed by atoms with Crippen molar-refractivity contribution >= 4 is 40.2 Å². The highest BCUT2D eigenvalue weighted by atomic mass is 32.2. The number of benzene rings is 1. The number of thioether (sulfide) groups is 1. The summed E-state index contributed by atoms with van der Waals surface area (Å²) in [6.07, 6.45) is 6.24. The van der Waals surface area contributed by atoms with Gasteiger partial charge in [-0.25, -0.2) is 14.6 Å². The van der Waals surface area contributed by atoms with Crippen LogP contribution in [0.4, 0.5) is 11.5 Å². The number of nitrogens with zero attached hydrogens (tertiary/aromatic N) is 6. The quantitative estimate of drug-likeness (QED) is 0.245. The Morgan fingerprint density at radius 3 is 2.65 bits per heavy atom. The van der Waals surface area contributed by atoms with Crippen LogP contribution in [0.5, 0.6) is 0 Å². The van der Waals surface area contributed by atoms with E-state index in [-0.39, 0.29) is 18.0 Å². The minimum Gasteiger partial charge on any atom is -0.356 e. The number of fused-ring (bicyclic) bond motifs is 1. The molecule has 31 heavy (non-hydrogen) atoms. The lowest BCUT2D eigenvalue weighted by atomic mass is 10.1. The number of nitro groups is 1. The van der Waals surface area contributed by atoms with Crippen LogP contribution in [0.2, 0.25) is 0 Å². The number of aromatic nitrogens is 4. The SMILES string of the molecule is CSc1nc(N2CCCC2)c2cnn(CCNC(=O)Cc3ccc([N+](=O)[O-])cc3)c2n1. The summed E-state index contributed by atoms with van der Waals surface area (Å²) < 4.78 is 1.79. The lowest BCUT2D eigenvalue weighted by Gasteiger charge is -2.17. The van der Waals surface area contributed by atoms with Gasteiger partial charge in [0.2, 0.25) is 5.91 Å². The van der Waals surface area contributed by atoms with Crippen molar-refractivity contribution < 1.29 is 9.72 Å². The predicted molar refractivity (Wildman–Crippen MR) is 118 cm³/mol. The van der Waals surface area contributed by atoms with Crippen LogP contribution < -0.4 is 10.2 Å². The van der Waals surface area contributed by atoms with E-state index in [1.54, 1.807) is 23.0 Å². The minimum atomic E-state index is -0.459. The molecule has 162 valence electrons. The molecule has 1 fully saturated rings. The molecule has 0 saturated carbocycles. The molecule has 1 aliphatic rings. The Morgan fingerprint density at radius 2 is 1.97 bits per heavy atom. The Kier molecular flexibility index (Phi) is 6.31. The number of hydrogen-bond acceptors (Lipinski definition) is 8. The minimum absolute atomic E-state index is 0.00891. The number of rotatable bonds is 8. The van der Waals surface area contributed by atoms with Gasteiger partial charge in [0.05, 0.1) is 29.5 Å². The van der Waals surface area contributed by atoms with Gasteiger partial charge in [0.15, 0.2) is 10.8 Å². The van der Waals surface area contributed by atoms with Crippen molar-refractivity contribution in [3.05, 3.63) is 46.1 Å². The van der Waals surface area contributed by atoms with Gasteiger partial charge in [-0.1, -0.05) is 23.9 Å². The summed E-state index contributed by atoms with van der Waals surface area (Å²) in [6.45, 7) is 2.87. The van der Waals surface area contributed by atoms with Gasteiger partial charge in [-0.3, -0.25) is 14.9 Å². The Labute approximate surface area is 183 Å². The first-order valence-electron chi connectivity index (χ1n) is 10.1. The first-order chi connectivity index (χ1) is 15.0. The summed E-state index contributed by atoms with van der Waals surface area (Å²) in [5.41, 5.74) is 1.50. The molecule has 1 aromatic carbocycles. The molecule has 11 heteroatoms. The van der Waals surface area contributed by atoms with E-state index in [0.717, 1.165) is 48.3 Å². The van der Waals surface area contributed by atoms with Crippen LogP contribution in [-0.4, -0.2) is 56.5 Å². The second-order valence-electron chi connectivity index (χ2n) is 7.28. The van der Waals surface area contributed by atoms with Crippen LogP contribution in [0.1, 0.15) is 18.4 Å². The van der Waals surface area contributed by atoms with Gasteiger partial charge in [0.1, 0.15) is 5.82 Å². The molecular formula is C20H23N7O3S. The molecule has 0 radical (unpaired) electrons. The maximum Gasteiger partial charge on any atom is 0.269 e. The van der Waals surface area contributed by atoms with E-state index >= 15 is 0 Å². The lowest BCUT2D eigenvalue weighted by molar-refractivity contribution is -0.384. The van der Waals surface area contributed by atoms with E-state index in [1.807, 2.05) is 6.26 Å². The second-order valence-corrected chi connectivity index (χ2v) is 8.06. The van der Waals surface area contributed by atoms with E-state index in [2.05, 4.69) is 20.3 Å². The van der Waals surface area contributed by atoms with E-state index < -0.39 is 4.92 Å². The molecule has 1 amide bonds. The third kappa shape index (κ3) is 4.76. The van der Waals surface area contributed by atoms with E-state index in [0.29, 0.717) is 18.2 Å². The normalized spacial score (nSPS) is 13.6. The standard InChI is InChI=1S/C20H23N7O3S/c1-31-20-23-18(25-9-2-3-10-25)16-13-22-26(19(16)24-20)11-8-21-17(28)12-14-4-6-15(7-5-14)27(29)30/h4-7,13H,2-3,8-12H2,1H3,(H,21,28).